The fourth-order valence-electron chi connectivity index (χ4n) is 3.62. The van der Waals surface area contributed by atoms with Gasteiger partial charge < -0.3 is 0 Å². The zero-order valence-corrected chi connectivity index (χ0v) is 18.6. The van der Waals surface area contributed by atoms with Gasteiger partial charge in [-0.25, -0.2) is 5.43 Å². The number of hydrogen-bond donors (Lipinski definition) is 1. The van der Waals surface area contributed by atoms with Gasteiger partial charge in [-0.1, -0.05) is 84.4 Å². The fraction of sp³-hybridized carbons (Fsp3) is 0.200. The predicted molar refractivity (Wildman–Crippen MR) is 130 cm³/mol. The number of carbonyl (C=O) groups is 1. The Morgan fingerprint density at radius 1 is 1.00 bits per heavy atom. The lowest BCUT2D eigenvalue weighted by atomic mass is 9.94. The van der Waals surface area contributed by atoms with E-state index >= 15 is 0 Å². The van der Waals surface area contributed by atoms with E-state index in [1.54, 1.807) is 30.1 Å². The lowest BCUT2D eigenvalue weighted by Gasteiger charge is -2.44. The summed E-state index contributed by atoms with van der Waals surface area (Å²) in [5, 5.41) is 5.14. The van der Waals surface area contributed by atoms with Gasteiger partial charge in [0.05, 0.1) is 18.0 Å². The van der Waals surface area contributed by atoms with Crippen LogP contribution in [-0.4, -0.2) is 41.1 Å². The average Bonchev–Trinajstić information content (AvgIpc) is 2.78. The summed E-state index contributed by atoms with van der Waals surface area (Å²) in [6.07, 6.45) is 1.62. The van der Waals surface area contributed by atoms with Crippen LogP contribution in [0.5, 0.6) is 0 Å². The highest BCUT2D eigenvalue weighted by atomic mass is 35.5. The van der Waals surface area contributed by atoms with Crippen LogP contribution in [0.1, 0.15) is 22.7 Å². The van der Waals surface area contributed by atoms with Crippen molar-refractivity contribution in [3.05, 3.63) is 107 Å². The Labute approximate surface area is 192 Å². The minimum Gasteiger partial charge on any atom is -0.290 e. The Morgan fingerprint density at radius 2 is 1.58 bits per heavy atom. The maximum Gasteiger partial charge on any atom is 0.250 e. The van der Waals surface area contributed by atoms with Crippen molar-refractivity contribution < 1.29 is 4.79 Å². The second-order valence-corrected chi connectivity index (χ2v) is 9.18. The summed E-state index contributed by atoms with van der Waals surface area (Å²) in [6, 6.07) is 28.7. The van der Waals surface area contributed by atoms with E-state index < -0.39 is 0 Å². The normalized spacial score (nSPS) is 14.6. The molecule has 0 radical (unpaired) electrons. The van der Waals surface area contributed by atoms with Crippen LogP contribution in [0.4, 0.5) is 0 Å². The van der Waals surface area contributed by atoms with E-state index in [2.05, 4.69) is 64.0 Å². The molecule has 0 aliphatic carbocycles. The first-order chi connectivity index (χ1) is 15.2. The molecule has 0 unspecified atom stereocenters. The van der Waals surface area contributed by atoms with Crippen LogP contribution in [0, 0.1) is 0 Å². The van der Waals surface area contributed by atoms with Crippen molar-refractivity contribution in [2.75, 3.05) is 18.8 Å². The maximum atomic E-state index is 12.1. The second-order valence-electron chi connectivity index (χ2n) is 7.46. The van der Waals surface area contributed by atoms with Gasteiger partial charge in [0, 0.05) is 23.4 Å². The molecule has 0 atom stereocenters. The molecule has 1 aliphatic rings. The summed E-state index contributed by atoms with van der Waals surface area (Å²) in [5.41, 5.74) is 6.08. The van der Waals surface area contributed by atoms with E-state index in [1.165, 1.54) is 11.1 Å². The van der Waals surface area contributed by atoms with Crippen LogP contribution in [0.2, 0.25) is 5.02 Å². The van der Waals surface area contributed by atoms with Crippen molar-refractivity contribution >= 4 is 35.5 Å². The first-order valence-electron chi connectivity index (χ1n) is 10.2. The van der Waals surface area contributed by atoms with E-state index in [-0.39, 0.29) is 11.9 Å². The van der Waals surface area contributed by atoms with Crippen LogP contribution in [0.15, 0.2) is 90.0 Å². The van der Waals surface area contributed by atoms with Crippen molar-refractivity contribution in [2.24, 2.45) is 5.10 Å². The highest BCUT2D eigenvalue weighted by molar-refractivity contribution is 8.00. The van der Waals surface area contributed by atoms with E-state index in [0.717, 1.165) is 18.7 Å². The number of rotatable bonds is 8. The van der Waals surface area contributed by atoms with Crippen molar-refractivity contribution in [3.8, 4) is 0 Å². The smallest absolute Gasteiger partial charge is 0.250 e. The molecule has 158 valence electrons. The molecule has 4 nitrogen and oxygen atoms in total. The van der Waals surface area contributed by atoms with Crippen molar-refractivity contribution in [1.82, 2.24) is 10.3 Å². The number of nitrogens with one attached hydrogen (secondary N) is 1. The molecule has 0 saturated carbocycles. The lowest BCUT2D eigenvalue weighted by molar-refractivity contribution is -0.118. The molecule has 0 bridgehead atoms. The monoisotopic (exact) mass is 449 g/mol. The van der Waals surface area contributed by atoms with Crippen LogP contribution < -0.4 is 5.43 Å². The van der Waals surface area contributed by atoms with E-state index in [9.17, 15) is 4.79 Å². The number of thioether (sulfide) groups is 1. The summed E-state index contributed by atoms with van der Waals surface area (Å²) in [7, 11) is 0. The van der Waals surface area contributed by atoms with Crippen molar-refractivity contribution in [2.45, 2.75) is 11.3 Å². The molecule has 3 aromatic carbocycles. The molecule has 1 saturated heterocycles. The second kappa shape index (κ2) is 10.6. The minimum absolute atomic E-state index is 0.0867. The number of hydrogen-bond acceptors (Lipinski definition) is 4. The van der Waals surface area contributed by atoms with Gasteiger partial charge in [0.25, 0.3) is 0 Å². The number of nitrogens with zero attached hydrogens (tertiary/aromatic N) is 2. The quantitative estimate of drug-likeness (QED) is 0.389. The number of benzene rings is 3. The standard InChI is InChI=1S/C25H24ClN3OS/c26-22-13-11-19(12-14-22)15-27-28-24(30)18-31-23-16-29(17-23)25(20-7-3-1-4-8-20)21-9-5-2-6-10-21/h1-15,23,25H,16-18H2,(H,28,30). The maximum absolute atomic E-state index is 12.1. The van der Waals surface area contributed by atoms with Gasteiger partial charge in [0.2, 0.25) is 5.91 Å². The lowest BCUT2D eigenvalue weighted by Crippen LogP contribution is -2.51. The zero-order chi connectivity index (χ0) is 21.5. The first-order valence-corrected chi connectivity index (χ1v) is 11.6. The predicted octanol–water partition coefficient (Wildman–Crippen LogP) is 5.00. The van der Waals surface area contributed by atoms with Gasteiger partial charge in [0.1, 0.15) is 0 Å². The Morgan fingerprint density at radius 3 is 2.16 bits per heavy atom. The Balaban J connectivity index is 1.26. The SMILES string of the molecule is O=C(CSC1CN(C(c2ccccc2)c2ccccc2)C1)NN=Cc1ccc(Cl)cc1. The molecule has 1 amide bonds. The largest absolute Gasteiger partial charge is 0.290 e. The third-order valence-electron chi connectivity index (χ3n) is 5.20. The van der Waals surface area contributed by atoms with Crippen LogP contribution in [-0.2, 0) is 4.79 Å². The van der Waals surface area contributed by atoms with Gasteiger partial charge in [-0.05, 0) is 28.8 Å². The summed E-state index contributed by atoms with van der Waals surface area (Å²) in [4.78, 5) is 14.6. The topological polar surface area (TPSA) is 44.7 Å². The number of carbonyl (C=O) groups excluding carboxylic acids is 1. The number of amides is 1. The molecule has 6 heteroatoms. The molecular weight excluding hydrogens is 426 g/mol. The number of likely N-dealkylation sites (tertiary alicyclic amines) is 1. The molecule has 3 aromatic rings. The van der Waals surface area contributed by atoms with E-state index in [0.29, 0.717) is 16.0 Å². The third kappa shape index (κ3) is 5.97. The van der Waals surface area contributed by atoms with Gasteiger partial charge >= 0.3 is 0 Å². The number of halogens is 1. The molecular formula is C25H24ClN3OS. The third-order valence-corrected chi connectivity index (χ3v) is 6.65. The Bertz CT molecular complexity index is 966. The summed E-state index contributed by atoms with van der Waals surface area (Å²) < 4.78 is 0. The highest BCUT2D eigenvalue weighted by Crippen LogP contribution is 2.35. The summed E-state index contributed by atoms with van der Waals surface area (Å²) >= 11 is 7.55. The Kier molecular flexibility index (Phi) is 7.41. The van der Waals surface area contributed by atoms with Gasteiger partial charge in [-0.15, -0.1) is 11.8 Å². The van der Waals surface area contributed by atoms with Crippen molar-refractivity contribution in [1.29, 1.82) is 0 Å². The Hall–Kier alpha value is -2.60. The average molecular weight is 450 g/mol. The summed E-state index contributed by atoms with van der Waals surface area (Å²) in [6.45, 7) is 1.92. The highest BCUT2D eigenvalue weighted by Gasteiger charge is 2.34. The van der Waals surface area contributed by atoms with Gasteiger partial charge in [-0.3, -0.25) is 9.69 Å². The molecule has 0 aromatic heterocycles. The van der Waals surface area contributed by atoms with Crippen molar-refractivity contribution in [3.63, 3.8) is 0 Å². The molecule has 31 heavy (non-hydrogen) atoms. The van der Waals surface area contributed by atoms with E-state index in [1.807, 2.05) is 24.3 Å². The zero-order valence-electron chi connectivity index (χ0n) is 17.0. The first kappa shape index (κ1) is 21.6. The molecule has 0 spiro atoms. The van der Waals surface area contributed by atoms with Crippen LogP contribution in [0.25, 0.3) is 0 Å². The molecule has 1 N–H and O–H groups in total. The van der Waals surface area contributed by atoms with Gasteiger partial charge in [-0.2, -0.15) is 5.10 Å². The van der Waals surface area contributed by atoms with Gasteiger partial charge in [0.15, 0.2) is 0 Å². The number of hydrazone groups is 1. The van der Waals surface area contributed by atoms with E-state index in [4.69, 9.17) is 11.6 Å². The van der Waals surface area contributed by atoms with Crippen LogP contribution in [0.3, 0.4) is 0 Å². The van der Waals surface area contributed by atoms with Crippen LogP contribution >= 0.6 is 23.4 Å². The molecule has 1 heterocycles. The molecule has 4 rings (SSSR count). The fourth-order valence-corrected chi connectivity index (χ4v) is 4.80. The minimum atomic E-state index is -0.0867. The molecule has 1 aliphatic heterocycles. The summed E-state index contributed by atoms with van der Waals surface area (Å²) in [5.74, 6) is 0.314. The molecule has 1 fully saturated rings.